The number of anilines is 3. The van der Waals surface area contributed by atoms with Gasteiger partial charge in [-0.15, -0.1) is 0 Å². The standard InChI is InChI=1S/C31H33ClN6O3/c1-30(2,3)41-29(39)38(6)31(4,5)13-12-20-15-26-23(17-25(20)33)28(36-19-35-26)37-21-10-11-27(24(32)16-21)40-18-22-9-7-8-14-34-22/h7-11,14-17,19H,18,33H2,1-6H3,(H,35,36,37). The first kappa shape index (κ1) is 29.4. The Balaban J connectivity index is 1.53. The second-order valence-electron chi connectivity index (χ2n) is 10.9. The fraction of sp³-hybridized carbons (Fsp3) is 0.290. The van der Waals surface area contributed by atoms with E-state index in [-0.39, 0.29) is 0 Å². The summed E-state index contributed by atoms with van der Waals surface area (Å²) in [6, 6.07) is 14.6. The summed E-state index contributed by atoms with van der Waals surface area (Å²) in [6.07, 6.45) is 2.72. The molecule has 2 heterocycles. The van der Waals surface area contributed by atoms with Gasteiger partial charge in [-0.25, -0.2) is 14.8 Å². The van der Waals surface area contributed by atoms with Crippen LogP contribution in [0.3, 0.4) is 0 Å². The Hall–Kier alpha value is -4.55. The molecule has 0 saturated heterocycles. The molecule has 0 aliphatic carbocycles. The zero-order chi connectivity index (χ0) is 29.8. The summed E-state index contributed by atoms with van der Waals surface area (Å²) in [5.41, 5.74) is 8.19. The third kappa shape index (κ3) is 7.56. The number of amides is 1. The highest BCUT2D eigenvalue weighted by Gasteiger charge is 2.29. The van der Waals surface area contributed by atoms with E-state index in [4.69, 9.17) is 26.8 Å². The maximum absolute atomic E-state index is 12.5. The summed E-state index contributed by atoms with van der Waals surface area (Å²) in [4.78, 5) is 27.1. The van der Waals surface area contributed by atoms with Crippen LogP contribution in [0.1, 0.15) is 45.9 Å². The Labute approximate surface area is 245 Å². The number of nitrogen functional groups attached to an aromatic ring is 1. The van der Waals surface area contributed by atoms with Crippen molar-refractivity contribution in [3.05, 3.63) is 77.3 Å². The Morgan fingerprint density at radius 3 is 2.54 bits per heavy atom. The van der Waals surface area contributed by atoms with Gasteiger partial charge in [-0.2, -0.15) is 0 Å². The maximum Gasteiger partial charge on any atom is 0.411 e. The van der Waals surface area contributed by atoms with Crippen LogP contribution in [0, 0.1) is 11.8 Å². The molecule has 2 aromatic heterocycles. The second-order valence-corrected chi connectivity index (χ2v) is 11.3. The second kappa shape index (κ2) is 11.9. The van der Waals surface area contributed by atoms with Gasteiger partial charge in [-0.05, 0) is 77.1 Å². The van der Waals surface area contributed by atoms with Gasteiger partial charge in [0, 0.05) is 35.6 Å². The molecule has 0 spiro atoms. The van der Waals surface area contributed by atoms with Crippen molar-refractivity contribution in [2.24, 2.45) is 0 Å². The molecular formula is C31H33ClN6O3. The number of carbonyl (C=O) groups excluding carboxylic acids is 1. The van der Waals surface area contributed by atoms with Crippen LogP contribution in [0.25, 0.3) is 10.9 Å². The minimum atomic E-state index is -0.811. The smallest absolute Gasteiger partial charge is 0.411 e. The Kier molecular flexibility index (Phi) is 8.55. The van der Waals surface area contributed by atoms with Crippen LogP contribution in [0.4, 0.5) is 22.0 Å². The van der Waals surface area contributed by atoms with Gasteiger partial charge in [-0.3, -0.25) is 9.88 Å². The molecule has 0 bridgehead atoms. The lowest BCUT2D eigenvalue weighted by atomic mass is 10.0. The molecule has 0 unspecified atom stereocenters. The van der Waals surface area contributed by atoms with E-state index >= 15 is 0 Å². The number of benzene rings is 2. The van der Waals surface area contributed by atoms with Crippen molar-refractivity contribution in [2.45, 2.75) is 52.4 Å². The number of nitrogens with one attached hydrogen (secondary N) is 1. The molecule has 4 aromatic rings. The van der Waals surface area contributed by atoms with Crippen LogP contribution in [-0.2, 0) is 11.3 Å². The first-order chi connectivity index (χ1) is 19.3. The lowest BCUT2D eigenvalue weighted by Gasteiger charge is -2.32. The van der Waals surface area contributed by atoms with E-state index < -0.39 is 17.2 Å². The van der Waals surface area contributed by atoms with Crippen molar-refractivity contribution in [1.82, 2.24) is 19.9 Å². The highest BCUT2D eigenvalue weighted by atomic mass is 35.5. The number of aromatic nitrogens is 3. The fourth-order valence-electron chi connectivity index (χ4n) is 3.66. The molecule has 0 fully saturated rings. The maximum atomic E-state index is 12.5. The Morgan fingerprint density at radius 2 is 1.85 bits per heavy atom. The van der Waals surface area contributed by atoms with Gasteiger partial charge in [0.05, 0.1) is 16.2 Å². The molecule has 2 aromatic carbocycles. The van der Waals surface area contributed by atoms with Crippen LogP contribution < -0.4 is 15.8 Å². The third-order valence-electron chi connectivity index (χ3n) is 6.11. The molecule has 3 N–H and O–H groups in total. The lowest BCUT2D eigenvalue weighted by molar-refractivity contribution is 0.0186. The van der Waals surface area contributed by atoms with Crippen LogP contribution >= 0.6 is 11.6 Å². The molecule has 0 saturated carbocycles. The van der Waals surface area contributed by atoms with Crippen molar-refractivity contribution < 1.29 is 14.3 Å². The Bertz CT molecular complexity index is 1620. The quantitative estimate of drug-likeness (QED) is 0.197. The van der Waals surface area contributed by atoms with E-state index in [1.165, 1.54) is 11.2 Å². The number of halogens is 1. The van der Waals surface area contributed by atoms with Gasteiger partial charge >= 0.3 is 6.09 Å². The average Bonchev–Trinajstić information content (AvgIpc) is 2.91. The minimum Gasteiger partial charge on any atom is -0.486 e. The van der Waals surface area contributed by atoms with Crippen molar-refractivity contribution >= 4 is 45.8 Å². The SMILES string of the molecule is CN(C(=O)OC(C)(C)C)C(C)(C)C#Cc1cc2ncnc(Nc3ccc(OCc4ccccn4)c(Cl)c3)c2cc1N. The number of hydrogen-bond acceptors (Lipinski definition) is 8. The molecule has 0 atom stereocenters. The summed E-state index contributed by atoms with van der Waals surface area (Å²) in [7, 11) is 1.66. The van der Waals surface area contributed by atoms with Crippen molar-refractivity contribution in [2.75, 3.05) is 18.1 Å². The topological polar surface area (TPSA) is 115 Å². The number of nitrogens with zero attached hydrogens (tertiary/aromatic N) is 4. The van der Waals surface area contributed by atoms with Gasteiger partial charge in [0.25, 0.3) is 0 Å². The fourth-order valence-corrected chi connectivity index (χ4v) is 3.89. The van der Waals surface area contributed by atoms with Crippen LogP contribution in [0.15, 0.2) is 61.1 Å². The number of hydrogen-bond donors (Lipinski definition) is 2. The first-order valence-corrected chi connectivity index (χ1v) is 13.3. The summed E-state index contributed by atoms with van der Waals surface area (Å²) in [6.45, 7) is 9.45. The zero-order valence-corrected chi connectivity index (χ0v) is 24.7. The van der Waals surface area contributed by atoms with Gasteiger partial charge in [-0.1, -0.05) is 29.5 Å². The molecule has 0 aliphatic rings. The van der Waals surface area contributed by atoms with E-state index in [9.17, 15) is 4.79 Å². The van der Waals surface area contributed by atoms with Crippen LogP contribution in [0.2, 0.25) is 5.02 Å². The molecule has 41 heavy (non-hydrogen) atoms. The zero-order valence-electron chi connectivity index (χ0n) is 23.9. The lowest BCUT2D eigenvalue weighted by Crippen LogP contribution is -2.46. The minimum absolute atomic E-state index is 0.308. The first-order valence-electron chi connectivity index (χ1n) is 13.0. The molecule has 9 nitrogen and oxygen atoms in total. The van der Waals surface area contributed by atoms with Crippen molar-refractivity contribution in [3.8, 4) is 17.6 Å². The summed E-state index contributed by atoms with van der Waals surface area (Å²) < 4.78 is 11.3. The predicted molar refractivity (Wildman–Crippen MR) is 162 cm³/mol. The van der Waals surface area contributed by atoms with Crippen molar-refractivity contribution in [3.63, 3.8) is 0 Å². The number of pyridine rings is 1. The van der Waals surface area contributed by atoms with Gasteiger partial charge < -0.3 is 20.5 Å². The highest BCUT2D eigenvalue weighted by Crippen LogP contribution is 2.32. The molecule has 1 amide bonds. The molecular weight excluding hydrogens is 540 g/mol. The van der Waals surface area contributed by atoms with Crippen LogP contribution in [-0.4, -0.2) is 44.1 Å². The summed E-state index contributed by atoms with van der Waals surface area (Å²) >= 11 is 6.49. The van der Waals surface area contributed by atoms with Crippen molar-refractivity contribution in [1.29, 1.82) is 0 Å². The highest BCUT2D eigenvalue weighted by molar-refractivity contribution is 6.32. The number of ether oxygens (including phenoxy) is 2. The van der Waals surface area contributed by atoms with E-state index in [1.807, 2.05) is 58.9 Å². The largest absolute Gasteiger partial charge is 0.486 e. The molecule has 0 radical (unpaired) electrons. The van der Waals surface area contributed by atoms with Crippen LogP contribution in [0.5, 0.6) is 5.75 Å². The molecule has 10 heteroatoms. The predicted octanol–water partition coefficient (Wildman–Crippen LogP) is 6.58. The monoisotopic (exact) mass is 572 g/mol. The number of fused-ring (bicyclic) bond motifs is 1. The Morgan fingerprint density at radius 1 is 1.07 bits per heavy atom. The number of carbonyl (C=O) groups is 1. The normalized spacial score (nSPS) is 11.4. The molecule has 212 valence electrons. The van der Waals surface area contributed by atoms with E-state index in [0.29, 0.717) is 45.4 Å². The van der Waals surface area contributed by atoms with Gasteiger partial charge in [0.2, 0.25) is 0 Å². The van der Waals surface area contributed by atoms with Gasteiger partial charge in [0.15, 0.2) is 0 Å². The van der Waals surface area contributed by atoms with E-state index in [0.717, 1.165) is 11.4 Å². The number of rotatable bonds is 6. The molecule has 0 aliphatic heterocycles. The van der Waals surface area contributed by atoms with E-state index in [1.54, 1.807) is 37.5 Å². The van der Waals surface area contributed by atoms with E-state index in [2.05, 4.69) is 32.1 Å². The van der Waals surface area contributed by atoms with Gasteiger partial charge in [0.1, 0.15) is 35.6 Å². The summed E-state index contributed by atoms with van der Waals surface area (Å²) in [5, 5.41) is 4.44. The number of nitrogens with two attached hydrogens (primary N) is 1. The third-order valence-corrected chi connectivity index (χ3v) is 6.41. The molecule has 4 rings (SSSR count). The average molecular weight is 573 g/mol. The summed E-state index contributed by atoms with van der Waals surface area (Å²) in [5.74, 6) is 7.35.